The molecule has 0 saturated heterocycles. The number of nitrogens with zero attached hydrogens (tertiary/aromatic N) is 2. The molecule has 0 fully saturated rings. The summed E-state index contributed by atoms with van der Waals surface area (Å²) in [5.41, 5.74) is 4.30. The van der Waals surface area contributed by atoms with E-state index in [-0.39, 0.29) is 5.91 Å². The number of thioether (sulfide) groups is 1. The van der Waals surface area contributed by atoms with E-state index < -0.39 is 0 Å². The lowest BCUT2D eigenvalue weighted by molar-refractivity contribution is -0.118. The van der Waals surface area contributed by atoms with Gasteiger partial charge in [-0.2, -0.15) is 5.10 Å². The second-order valence-electron chi connectivity index (χ2n) is 7.16. The molecule has 7 heteroatoms. The monoisotopic (exact) mass is 423 g/mol. The third kappa shape index (κ3) is 4.79. The smallest absolute Gasteiger partial charge is 0.230 e. The maximum atomic E-state index is 12.4. The zero-order valence-electron chi connectivity index (χ0n) is 17.2. The van der Waals surface area contributed by atoms with E-state index in [1.807, 2.05) is 54.9 Å². The molecule has 2 heterocycles. The molecule has 6 nitrogen and oxygen atoms in total. The van der Waals surface area contributed by atoms with Gasteiger partial charge in [-0.25, -0.2) is 0 Å². The summed E-state index contributed by atoms with van der Waals surface area (Å²) in [5, 5.41) is 7.67. The molecule has 1 aromatic heterocycles. The van der Waals surface area contributed by atoms with Gasteiger partial charge in [-0.3, -0.25) is 9.48 Å². The molecule has 4 rings (SSSR count). The zero-order chi connectivity index (χ0) is 20.9. The number of rotatable bonds is 7. The SMILES string of the molecule is Cc1nn(Cc2ccccc2)c(C)c1CNC(=O)CSc1ccc2c(c1)OCCO2. The normalized spacial score (nSPS) is 12.6. The second-order valence-corrected chi connectivity index (χ2v) is 8.21. The minimum absolute atomic E-state index is 0.00972. The molecule has 2 aromatic carbocycles. The molecule has 0 unspecified atom stereocenters. The molecular formula is C23H25N3O3S. The highest BCUT2D eigenvalue weighted by Crippen LogP contribution is 2.34. The van der Waals surface area contributed by atoms with E-state index in [0.29, 0.717) is 25.5 Å². The molecular weight excluding hydrogens is 398 g/mol. The van der Waals surface area contributed by atoms with Crippen LogP contribution in [0, 0.1) is 13.8 Å². The average Bonchev–Trinajstić information content (AvgIpc) is 3.03. The number of amides is 1. The molecule has 0 bridgehead atoms. The lowest BCUT2D eigenvalue weighted by Gasteiger charge is -2.18. The number of carbonyl (C=O) groups excluding carboxylic acids is 1. The van der Waals surface area contributed by atoms with Gasteiger partial charge in [0.05, 0.1) is 18.0 Å². The Morgan fingerprint density at radius 2 is 1.87 bits per heavy atom. The number of hydrogen-bond acceptors (Lipinski definition) is 5. The summed E-state index contributed by atoms with van der Waals surface area (Å²) < 4.78 is 13.1. The second kappa shape index (κ2) is 9.26. The molecule has 0 aliphatic carbocycles. The van der Waals surface area contributed by atoms with Crippen molar-refractivity contribution in [3.05, 3.63) is 71.0 Å². The molecule has 0 radical (unpaired) electrons. The van der Waals surface area contributed by atoms with E-state index in [1.54, 1.807) is 0 Å². The zero-order valence-corrected chi connectivity index (χ0v) is 18.0. The summed E-state index contributed by atoms with van der Waals surface area (Å²) in [5.74, 6) is 1.83. The van der Waals surface area contributed by atoms with Crippen molar-refractivity contribution in [2.45, 2.75) is 31.8 Å². The maximum absolute atomic E-state index is 12.4. The first-order valence-corrected chi connectivity index (χ1v) is 10.9. The molecule has 1 aliphatic heterocycles. The summed E-state index contributed by atoms with van der Waals surface area (Å²) in [6, 6.07) is 16.0. The van der Waals surface area contributed by atoms with E-state index >= 15 is 0 Å². The van der Waals surface area contributed by atoms with Crippen molar-refractivity contribution >= 4 is 17.7 Å². The predicted molar refractivity (Wildman–Crippen MR) is 117 cm³/mol. The van der Waals surface area contributed by atoms with Gasteiger partial charge in [0.15, 0.2) is 11.5 Å². The number of benzene rings is 2. The van der Waals surface area contributed by atoms with Crippen LogP contribution in [0.15, 0.2) is 53.4 Å². The van der Waals surface area contributed by atoms with Crippen molar-refractivity contribution in [1.82, 2.24) is 15.1 Å². The van der Waals surface area contributed by atoms with E-state index in [9.17, 15) is 4.79 Å². The van der Waals surface area contributed by atoms with Gasteiger partial charge in [-0.1, -0.05) is 30.3 Å². The first kappa shape index (κ1) is 20.3. The number of carbonyl (C=O) groups is 1. The molecule has 1 aliphatic rings. The van der Waals surface area contributed by atoms with Gasteiger partial charge in [0.1, 0.15) is 13.2 Å². The highest BCUT2D eigenvalue weighted by atomic mass is 32.2. The molecule has 0 spiro atoms. The van der Waals surface area contributed by atoms with Crippen molar-refractivity contribution in [2.75, 3.05) is 19.0 Å². The van der Waals surface area contributed by atoms with Crippen LogP contribution in [0.4, 0.5) is 0 Å². The summed E-state index contributed by atoms with van der Waals surface area (Å²) >= 11 is 1.48. The Balaban J connectivity index is 1.31. The number of ether oxygens (including phenoxy) is 2. The van der Waals surface area contributed by atoms with Crippen LogP contribution in [0.1, 0.15) is 22.5 Å². The van der Waals surface area contributed by atoms with Gasteiger partial charge >= 0.3 is 0 Å². The lowest BCUT2D eigenvalue weighted by Crippen LogP contribution is -2.25. The third-order valence-corrected chi connectivity index (χ3v) is 6.05. The highest BCUT2D eigenvalue weighted by Gasteiger charge is 2.15. The summed E-state index contributed by atoms with van der Waals surface area (Å²) in [7, 11) is 0. The average molecular weight is 424 g/mol. The van der Waals surface area contributed by atoms with Crippen LogP contribution < -0.4 is 14.8 Å². The van der Waals surface area contributed by atoms with Crippen molar-refractivity contribution < 1.29 is 14.3 Å². The Kier molecular flexibility index (Phi) is 6.28. The van der Waals surface area contributed by atoms with Gasteiger partial charge < -0.3 is 14.8 Å². The van der Waals surface area contributed by atoms with Crippen LogP contribution >= 0.6 is 11.8 Å². The minimum atomic E-state index is -0.00972. The fourth-order valence-corrected chi connectivity index (χ4v) is 4.15. The van der Waals surface area contributed by atoms with Gasteiger partial charge in [-0.15, -0.1) is 11.8 Å². The minimum Gasteiger partial charge on any atom is -0.486 e. The van der Waals surface area contributed by atoms with Gasteiger partial charge in [0.25, 0.3) is 0 Å². The standard InChI is InChI=1S/C23H25N3O3S/c1-16-20(17(2)26(25-16)14-18-6-4-3-5-7-18)13-24-23(27)15-30-19-8-9-21-22(12-19)29-11-10-28-21/h3-9,12H,10-11,13-15H2,1-2H3,(H,24,27). The Morgan fingerprint density at radius 1 is 1.10 bits per heavy atom. The van der Waals surface area contributed by atoms with Crippen molar-refractivity contribution in [3.8, 4) is 11.5 Å². The molecule has 0 saturated carbocycles. The van der Waals surface area contributed by atoms with Gasteiger partial charge in [0.2, 0.25) is 5.91 Å². The number of nitrogens with one attached hydrogen (secondary N) is 1. The Hall–Kier alpha value is -2.93. The number of aryl methyl sites for hydroxylation is 1. The lowest BCUT2D eigenvalue weighted by atomic mass is 10.2. The summed E-state index contributed by atoms with van der Waals surface area (Å²) in [6.07, 6.45) is 0. The van der Waals surface area contributed by atoms with Gasteiger partial charge in [0, 0.05) is 22.7 Å². The van der Waals surface area contributed by atoms with Crippen LogP contribution in [-0.2, 0) is 17.9 Å². The quantitative estimate of drug-likeness (QED) is 0.587. The fourth-order valence-electron chi connectivity index (χ4n) is 3.40. The Morgan fingerprint density at radius 3 is 2.67 bits per heavy atom. The van der Waals surface area contributed by atoms with Gasteiger partial charge in [-0.05, 0) is 37.6 Å². The van der Waals surface area contributed by atoms with Crippen LogP contribution in [0.3, 0.4) is 0 Å². The van der Waals surface area contributed by atoms with Crippen molar-refractivity contribution in [2.24, 2.45) is 0 Å². The highest BCUT2D eigenvalue weighted by molar-refractivity contribution is 8.00. The van der Waals surface area contributed by atoms with E-state index in [0.717, 1.165) is 39.9 Å². The van der Waals surface area contributed by atoms with Crippen molar-refractivity contribution in [1.29, 1.82) is 0 Å². The number of aromatic nitrogens is 2. The van der Waals surface area contributed by atoms with E-state index in [4.69, 9.17) is 9.47 Å². The Labute approximate surface area is 180 Å². The molecule has 156 valence electrons. The molecule has 1 amide bonds. The topological polar surface area (TPSA) is 65.4 Å². The largest absolute Gasteiger partial charge is 0.486 e. The maximum Gasteiger partial charge on any atom is 0.230 e. The fraction of sp³-hybridized carbons (Fsp3) is 0.304. The van der Waals surface area contributed by atoms with Crippen LogP contribution in [0.25, 0.3) is 0 Å². The first-order chi connectivity index (χ1) is 14.6. The Bertz CT molecular complexity index is 1030. The van der Waals surface area contributed by atoms with Crippen LogP contribution in [-0.4, -0.2) is 34.7 Å². The third-order valence-electron chi connectivity index (χ3n) is 5.05. The first-order valence-electron chi connectivity index (χ1n) is 9.96. The van der Waals surface area contributed by atoms with Crippen LogP contribution in [0.2, 0.25) is 0 Å². The number of fused-ring (bicyclic) bond motifs is 1. The number of hydrogen-bond donors (Lipinski definition) is 1. The molecule has 30 heavy (non-hydrogen) atoms. The molecule has 0 atom stereocenters. The summed E-state index contributed by atoms with van der Waals surface area (Å²) in [4.78, 5) is 13.4. The van der Waals surface area contributed by atoms with Crippen LogP contribution in [0.5, 0.6) is 11.5 Å². The summed E-state index contributed by atoms with van der Waals surface area (Å²) in [6.45, 7) is 6.36. The predicted octanol–water partition coefficient (Wildman–Crippen LogP) is 3.73. The molecule has 1 N–H and O–H groups in total. The van der Waals surface area contributed by atoms with E-state index in [1.165, 1.54) is 17.3 Å². The van der Waals surface area contributed by atoms with Crippen molar-refractivity contribution in [3.63, 3.8) is 0 Å². The molecule has 3 aromatic rings. The van der Waals surface area contributed by atoms with E-state index in [2.05, 4.69) is 22.5 Å².